The Morgan fingerprint density at radius 3 is 2.58 bits per heavy atom. The highest BCUT2D eigenvalue weighted by atomic mass is 79.9. The molecular formula is C9H15BrO2. The molecule has 0 aromatic carbocycles. The Hall–Kier alpha value is -0.310. The lowest BCUT2D eigenvalue weighted by Gasteiger charge is -2.02. The lowest BCUT2D eigenvalue weighted by molar-refractivity contribution is -0.138. The van der Waals surface area contributed by atoms with Gasteiger partial charge in [0.25, 0.3) is 0 Å². The average molecular weight is 235 g/mol. The van der Waals surface area contributed by atoms with Crippen molar-refractivity contribution >= 4 is 21.9 Å². The number of carbonyl (C=O) groups excluding carboxylic acids is 1. The topological polar surface area (TPSA) is 26.3 Å². The van der Waals surface area contributed by atoms with Gasteiger partial charge in [-0.1, -0.05) is 35.4 Å². The summed E-state index contributed by atoms with van der Waals surface area (Å²) in [5.41, 5.74) is 0.721. The Morgan fingerprint density at radius 2 is 2.17 bits per heavy atom. The Bertz CT molecular complexity index is 164. The number of hydrogen-bond acceptors (Lipinski definition) is 2. The van der Waals surface area contributed by atoms with E-state index in [-0.39, 0.29) is 5.97 Å². The molecule has 0 aliphatic heterocycles. The molecule has 0 aromatic rings. The van der Waals surface area contributed by atoms with Gasteiger partial charge in [-0.3, -0.25) is 0 Å². The van der Waals surface area contributed by atoms with Crippen molar-refractivity contribution in [3.05, 3.63) is 11.6 Å². The summed E-state index contributed by atoms with van der Waals surface area (Å²) >= 11 is 3.25. The molecule has 0 amide bonds. The fourth-order valence-corrected chi connectivity index (χ4v) is 1.19. The van der Waals surface area contributed by atoms with Crippen LogP contribution < -0.4 is 0 Å². The van der Waals surface area contributed by atoms with Gasteiger partial charge in [-0.15, -0.1) is 0 Å². The smallest absolute Gasteiger partial charge is 0.334 e. The first-order valence-electron chi connectivity index (χ1n) is 4.18. The summed E-state index contributed by atoms with van der Waals surface area (Å²) in [6.45, 7) is 4.33. The van der Waals surface area contributed by atoms with Gasteiger partial charge in [0, 0.05) is 10.9 Å². The van der Waals surface area contributed by atoms with Crippen molar-refractivity contribution < 1.29 is 9.53 Å². The molecule has 0 aliphatic carbocycles. The number of halogens is 1. The van der Waals surface area contributed by atoms with Crippen LogP contribution in [0.1, 0.15) is 26.7 Å². The van der Waals surface area contributed by atoms with Crippen molar-refractivity contribution in [2.24, 2.45) is 0 Å². The lowest BCUT2D eigenvalue weighted by atomic mass is 10.2. The van der Waals surface area contributed by atoms with Crippen LogP contribution in [-0.2, 0) is 9.53 Å². The van der Waals surface area contributed by atoms with Crippen LogP contribution in [0.4, 0.5) is 0 Å². The maximum atomic E-state index is 11.2. The maximum Gasteiger partial charge on any atom is 0.334 e. The number of ether oxygens (including phenoxy) is 1. The van der Waals surface area contributed by atoms with Crippen LogP contribution in [0.5, 0.6) is 0 Å². The first-order chi connectivity index (χ1) is 5.76. The van der Waals surface area contributed by atoms with Crippen LogP contribution in [0.3, 0.4) is 0 Å². The minimum Gasteiger partial charge on any atom is -0.463 e. The Kier molecular flexibility index (Phi) is 7.16. The number of unbranched alkanes of at least 4 members (excludes halogenated alkanes) is 1. The molecule has 0 radical (unpaired) electrons. The highest BCUT2D eigenvalue weighted by Gasteiger charge is 2.07. The zero-order valence-corrected chi connectivity index (χ0v) is 9.19. The number of allylic oxidation sites excluding steroid dienone is 1. The molecule has 0 bridgehead atoms. The van der Waals surface area contributed by atoms with E-state index in [9.17, 15) is 4.79 Å². The number of esters is 1. The van der Waals surface area contributed by atoms with Gasteiger partial charge in [-0.2, -0.15) is 0 Å². The fraction of sp³-hybridized carbons (Fsp3) is 0.667. The molecule has 0 rings (SSSR count). The Morgan fingerprint density at radius 1 is 1.50 bits per heavy atom. The van der Waals surface area contributed by atoms with E-state index in [1.807, 2.05) is 13.0 Å². The van der Waals surface area contributed by atoms with Gasteiger partial charge in [-0.05, 0) is 13.3 Å². The molecule has 70 valence electrons. The summed E-state index contributed by atoms with van der Waals surface area (Å²) in [5.74, 6) is -0.206. The summed E-state index contributed by atoms with van der Waals surface area (Å²) < 4.78 is 4.85. The number of alkyl halides is 1. The van der Waals surface area contributed by atoms with E-state index in [0.717, 1.165) is 18.4 Å². The lowest BCUT2D eigenvalue weighted by Crippen LogP contribution is -2.08. The fourth-order valence-electron chi connectivity index (χ4n) is 0.735. The molecular weight excluding hydrogens is 220 g/mol. The van der Waals surface area contributed by atoms with Crippen LogP contribution in [0.15, 0.2) is 11.6 Å². The molecule has 3 heteroatoms. The van der Waals surface area contributed by atoms with E-state index in [1.54, 1.807) is 0 Å². The molecule has 0 aromatic heterocycles. The summed E-state index contributed by atoms with van der Waals surface area (Å²) in [4.78, 5) is 11.2. The van der Waals surface area contributed by atoms with Gasteiger partial charge in [0.1, 0.15) is 0 Å². The van der Waals surface area contributed by atoms with E-state index in [1.165, 1.54) is 0 Å². The normalized spacial score (nSPS) is 11.4. The molecule has 0 aliphatic rings. The molecule has 0 saturated heterocycles. The van der Waals surface area contributed by atoms with E-state index >= 15 is 0 Å². The van der Waals surface area contributed by atoms with Crippen molar-refractivity contribution in [3.8, 4) is 0 Å². The van der Waals surface area contributed by atoms with Crippen LogP contribution in [0.2, 0.25) is 0 Å². The van der Waals surface area contributed by atoms with Gasteiger partial charge < -0.3 is 4.74 Å². The molecule has 0 atom stereocenters. The highest BCUT2D eigenvalue weighted by molar-refractivity contribution is 9.09. The zero-order chi connectivity index (χ0) is 9.40. The number of rotatable bonds is 5. The third-order valence-corrected chi connectivity index (χ3v) is 1.97. The number of carbonyl (C=O) groups is 1. The SMILES string of the molecule is CCC/C=C(/CBr)C(=O)OCC. The first kappa shape index (κ1) is 11.7. The van der Waals surface area contributed by atoms with E-state index in [0.29, 0.717) is 11.9 Å². The maximum absolute atomic E-state index is 11.2. The van der Waals surface area contributed by atoms with Crippen molar-refractivity contribution in [1.29, 1.82) is 0 Å². The molecule has 0 saturated carbocycles. The van der Waals surface area contributed by atoms with Crippen LogP contribution in [0.25, 0.3) is 0 Å². The Balaban J connectivity index is 4.04. The molecule has 0 fully saturated rings. The Labute approximate surface area is 82.1 Å². The van der Waals surface area contributed by atoms with Gasteiger partial charge >= 0.3 is 5.97 Å². The molecule has 0 unspecified atom stereocenters. The number of hydrogen-bond donors (Lipinski definition) is 0. The van der Waals surface area contributed by atoms with Crippen LogP contribution in [-0.4, -0.2) is 17.9 Å². The third kappa shape index (κ3) is 4.54. The monoisotopic (exact) mass is 234 g/mol. The second-order valence-electron chi connectivity index (χ2n) is 2.37. The van der Waals surface area contributed by atoms with Gasteiger partial charge in [-0.25, -0.2) is 4.79 Å². The summed E-state index contributed by atoms with van der Waals surface area (Å²) in [5, 5.41) is 0.575. The molecule has 0 spiro atoms. The average Bonchev–Trinajstić information content (AvgIpc) is 2.06. The highest BCUT2D eigenvalue weighted by Crippen LogP contribution is 2.05. The molecule has 12 heavy (non-hydrogen) atoms. The summed E-state index contributed by atoms with van der Waals surface area (Å²) in [6.07, 6.45) is 3.91. The standard InChI is InChI=1S/C9H15BrO2/c1-3-5-6-8(7-10)9(11)12-4-2/h6H,3-5,7H2,1-2H3/b8-6-. The predicted octanol–water partition coefficient (Wildman–Crippen LogP) is 2.67. The van der Waals surface area contributed by atoms with Crippen molar-refractivity contribution in [3.63, 3.8) is 0 Å². The van der Waals surface area contributed by atoms with Crippen LogP contribution >= 0.6 is 15.9 Å². The first-order valence-corrected chi connectivity index (χ1v) is 5.30. The van der Waals surface area contributed by atoms with Crippen molar-refractivity contribution in [2.45, 2.75) is 26.7 Å². The van der Waals surface area contributed by atoms with Crippen LogP contribution in [0, 0.1) is 0 Å². The second kappa shape index (κ2) is 7.35. The van der Waals surface area contributed by atoms with Gasteiger partial charge in [0.05, 0.1) is 6.61 Å². The third-order valence-electron chi connectivity index (χ3n) is 1.36. The molecule has 2 nitrogen and oxygen atoms in total. The van der Waals surface area contributed by atoms with Crippen molar-refractivity contribution in [2.75, 3.05) is 11.9 Å². The van der Waals surface area contributed by atoms with Crippen molar-refractivity contribution in [1.82, 2.24) is 0 Å². The summed E-state index contributed by atoms with van der Waals surface area (Å²) in [7, 11) is 0. The second-order valence-corrected chi connectivity index (χ2v) is 2.93. The van der Waals surface area contributed by atoms with Gasteiger partial charge in [0.2, 0.25) is 0 Å². The molecule has 0 N–H and O–H groups in total. The quantitative estimate of drug-likeness (QED) is 0.416. The molecule has 0 heterocycles. The summed E-state index contributed by atoms with van der Waals surface area (Å²) in [6, 6.07) is 0. The largest absolute Gasteiger partial charge is 0.463 e. The zero-order valence-electron chi connectivity index (χ0n) is 7.60. The van der Waals surface area contributed by atoms with Gasteiger partial charge in [0.15, 0.2) is 0 Å². The minimum absolute atomic E-state index is 0.206. The predicted molar refractivity (Wildman–Crippen MR) is 53.4 cm³/mol. The van der Waals surface area contributed by atoms with E-state index in [4.69, 9.17) is 4.74 Å². The van der Waals surface area contributed by atoms with E-state index in [2.05, 4.69) is 22.9 Å². The minimum atomic E-state index is -0.206. The van der Waals surface area contributed by atoms with E-state index < -0.39 is 0 Å².